The number of para-hydroxylation sites is 1. The van der Waals surface area contributed by atoms with E-state index in [9.17, 15) is 0 Å². The molecule has 10 aromatic carbocycles. The second kappa shape index (κ2) is 22.0. The summed E-state index contributed by atoms with van der Waals surface area (Å²) in [5.41, 5.74) is 20.1. The third-order valence-corrected chi connectivity index (χ3v) is 18.9. The standard InChI is InChI=1S/C88H86N4O/c1-54-26-24-27-55(2)81(54)59-45-74(58-42-63(87(12,13)14)49-64(43-58)88(15,16)17)82-75(46-59)70-32-20-18-30-68(70)69-31-19-21-33-71(69)76-44-57(56-40-61(85(6,7)8)48-62(41-56)86(9,10)11)47-79-83(76)91(82)53-90(79)65-28-25-29-66(51-65)93-67-36-37-73-72-34-22-23-35-77(72)92(78(73)52-67)80-50-60(38-39-89-80)84(3,4)5/h18-52H,1-17H3/i1D3,2D3. The number of hydrogen-bond donors (Lipinski definition) is 0. The molecule has 0 unspecified atom stereocenters. The van der Waals surface area contributed by atoms with Crippen LogP contribution in [0.1, 0.15) is 151 Å². The van der Waals surface area contributed by atoms with E-state index in [1.807, 2.05) is 36.5 Å². The molecule has 13 aromatic rings. The molecular formula is C88H86N4O. The van der Waals surface area contributed by atoms with Gasteiger partial charge in [-0.05, 0) is 213 Å². The Morgan fingerprint density at radius 1 is 0.387 bits per heavy atom. The fraction of sp³-hybridized carbons (Fsp3) is 0.250. The minimum atomic E-state index is -2.68. The predicted molar refractivity (Wildman–Crippen MR) is 391 cm³/mol. The molecule has 5 heteroatoms. The van der Waals surface area contributed by atoms with Crippen molar-refractivity contribution in [3.63, 3.8) is 0 Å². The van der Waals surface area contributed by atoms with Crippen LogP contribution in [-0.2, 0) is 27.1 Å². The van der Waals surface area contributed by atoms with E-state index in [4.69, 9.17) is 17.9 Å². The number of aryl methyl sites for hydroxylation is 2. The molecule has 4 heterocycles. The zero-order valence-corrected chi connectivity index (χ0v) is 56.4. The van der Waals surface area contributed by atoms with Gasteiger partial charge in [-0.1, -0.05) is 237 Å². The third-order valence-electron chi connectivity index (χ3n) is 18.9. The molecule has 0 atom stereocenters. The van der Waals surface area contributed by atoms with Gasteiger partial charge in [0.1, 0.15) is 17.3 Å². The smallest absolute Gasteiger partial charge is 0.269 e. The number of rotatable bonds is 7. The Morgan fingerprint density at radius 3 is 1.49 bits per heavy atom. The van der Waals surface area contributed by atoms with Gasteiger partial charge < -0.3 is 4.74 Å². The summed E-state index contributed by atoms with van der Waals surface area (Å²) in [6.07, 6.45) is 6.00. The lowest BCUT2D eigenvalue weighted by atomic mass is 9.78. The van der Waals surface area contributed by atoms with Gasteiger partial charge in [-0.3, -0.25) is 13.7 Å². The molecule has 0 fully saturated rings. The lowest BCUT2D eigenvalue weighted by Crippen LogP contribution is -2.32. The molecule has 3 aromatic heterocycles. The van der Waals surface area contributed by atoms with Crippen molar-refractivity contribution in [2.45, 2.75) is 145 Å². The summed E-state index contributed by atoms with van der Waals surface area (Å²) in [6, 6.07) is 71.8. The van der Waals surface area contributed by atoms with Crippen molar-refractivity contribution in [1.82, 2.24) is 14.1 Å². The van der Waals surface area contributed by atoms with E-state index in [2.05, 4.69) is 282 Å². The Labute approximate surface area is 559 Å². The highest BCUT2D eigenvalue weighted by molar-refractivity contribution is 6.10. The summed E-state index contributed by atoms with van der Waals surface area (Å²) in [7, 11) is 0. The lowest BCUT2D eigenvalue weighted by Gasteiger charge is -2.28. The highest BCUT2D eigenvalue weighted by Crippen LogP contribution is 2.50. The highest BCUT2D eigenvalue weighted by atomic mass is 16.5. The van der Waals surface area contributed by atoms with Gasteiger partial charge in [0.15, 0.2) is 0 Å². The molecule has 93 heavy (non-hydrogen) atoms. The monoisotopic (exact) mass is 1220 g/mol. The van der Waals surface area contributed by atoms with Crippen molar-refractivity contribution in [2.75, 3.05) is 0 Å². The molecular weight excluding hydrogens is 1130 g/mol. The van der Waals surface area contributed by atoms with E-state index in [1.54, 1.807) is 18.2 Å². The van der Waals surface area contributed by atoms with Crippen molar-refractivity contribution in [1.29, 1.82) is 0 Å². The van der Waals surface area contributed by atoms with Crippen LogP contribution >= 0.6 is 0 Å². The number of hydrogen-bond acceptors (Lipinski definition) is 2. The van der Waals surface area contributed by atoms with Crippen LogP contribution in [0.2, 0.25) is 0 Å². The SMILES string of the molecule is [2H]C([2H])([2H])c1cccc(C([2H])([2H])[2H])c1-c1cc(-c2cc(C(C)(C)C)cc(C(C)(C)C)c2)c2c(c1)-c1ccccc1-c1ccccc1-c1cc(-c3cc(C(C)(C)C)cc(C(C)(C)C)c3)cc3c1[n+]-2[c-]n3-c1cccc(Oc2ccc3c4ccccc4n(-c4cc(C(C)(C)C)ccn4)c3c2)c1. The third kappa shape index (κ3) is 11.0. The van der Waals surface area contributed by atoms with Gasteiger partial charge in [0.05, 0.1) is 33.4 Å². The molecule has 1 aliphatic rings. The number of imidazole rings is 1. The normalized spacial score (nSPS) is 14.0. The van der Waals surface area contributed by atoms with E-state index < -0.39 is 13.7 Å². The number of ether oxygens (including phenoxy) is 1. The molecule has 0 radical (unpaired) electrons. The fourth-order valence-corrected chi connectivity index (χ4v) is 13.6. The summed E-state index contributed by atoms with van der Waals surface area (Å²) in [4.78, 5) is 4.97. The number of benzene rings is 10. The molecule has 0 aliphatic carbocycles. The zero-order valence-electron chi connectivity index (χ0n) is 62.4. The Hall–Kier alpha value is -9.58. The predicted octanol–water partition coefficient (Wildman–Crippen LogP) is 23.4. The molecule has 1 aliphatic heterocycles. The maximum Gasteiger partial charge on any atom is 0.269 e. The minimum absolute atomic E-state index is 0.0365. The van der Waals surface area contributed by atoms with Crippen LogP contribution in [0, 0.1) is 20.0 Å². The first kappa shape index (κ1) is 54.0. The van der Waals surface area contributed by atoms with E-state index in [0.29, 0.717) is 17.1 Å². The number of nitrogens with zero attached hydrogens (tertiary/aromatic N) is 4. The van der Waals surface area contributed by atoms with Crippen molar-refractivity contribution in [3.05, 3.63) is 258 Å². The average Bonchev–Trinajstić information content (AvgIpc) is 1.61. The Balaban J connectivity index is 1.11. The topological polar surface area (TPSA) is 35.9 Å². The van der Waals surface area contributed by atoms with Crippen molar-refractivity contribution < 1.29 is 17.5 Å². The van der Waals surface area contributed by atoms with Crippen LogP contribution in [0.5, 0.6) is 11.5 Å². The van der Waals surface area contributed by atoms with Crippen LogP contribution in [0.15, 0.2) is 212 Å². The molecule has 0 bridgehead atoms. The van der Waals surface area contributed by atoms with Gasteiger partial charge in [0.25, 0.3) is 6.33 Å². The Bertz CT molecular complexity index is 5310. The highest BCUT2D eigenvalue weighted by Gasteiger charge is 2.31. The summed E-state index contributed by atoms with van der Waals surface area (Å²) in [5, 5.41) is 2.21. The maximum absolute atomic E-state index is 9.08. The average molecular weight is 1220 g/mol. The molecule has 0 saturated carbocycles. The summed E-state index contributed by atoms with van der Waals surface area (Å²) in [5.74, 6) is 2.11. The summed E-state index contributed by atoms with van der Waals surface area (Å²) in [6.45, 7) is 28.4. The number of pyridine rings is 1. The molecule has 0 amide bonds. The zero-order chi connectivity index (χ0) is 70.4. The van der Waals surface area contributed by atoms with Crippen LogP contribution in [-0.4, -0.2) is 14.1 Å². The van der Waals surface area contributed by atoms with Crippen molar-refractivity contribution >= 4 is 32.8 Å². The van der Waals surface area contributed by atoms with E-state index >= 15 is 0 Å². The van der Waals surface area contributed by atoms with E-state index in [0.717, 1.165) is 117 Å². The minimum Gasteiger partial charge on any atom is -0.458 e. The van der Waals surface area contributed by atoms with Crippen LogP contribution in [0.4, 0.5) is 0 Å². The second-order valence-electron chi connectivity index (χ2n) is 30.8. The Morgan fingerprint density at radius 2 is 0.892 bits per heavy atom. The molecule has 0 saturated heterocycles. The largest absolute Gasteiger partial charge is 0.458 e. The van der Waals surface area contributed by atoms with Gasteiger partial charge >= 0.3 is 0 Å². The van der Waals surface area contributed by atoms with Crippen LogP contribution in [0.3, 0.4) is 0 Å². The first-order chi connectivity index (χ1) is 46.5. The van der Waals surface area contributed by atoms with Crippen molar-refractivity contribution in [3.8, 4) is 95.5 Å². The van der Waals surface area contributed by atoms with E-state index in [1.165, 1.54) is 16.7 Å². The number of aromatic nitrogens is 4. The van der Waals surface area contributed by atoms with Gasteiger partial charge in [0, 0.05) is 31.3 Å². The first-order valence-corrected chi connectivity index (χ1v) is 32.7. The van der Waals surface area contributed by atoms with Crippen molar-refractivity contribution in [2.24, 2.45) is 0 Å². The van der Waals surface area contributed by atoms with E-state index in [-0.39, 0.29) is 43.8 Å². The quantitative estimate of drug-likeness (QED) is 0.118. The fourth-order valence-electron chi connectivity index (χ4n) is 13.6. The molecule has 0 N–H and O–H groups in total. The van der Waals surface area contributed by atoms with Gasteiger partial charge in [-0.2, -0.15) is 0 Å². The second-order valence-corrected chi connectivity index (χ2v) is 30.8. The van der Waals surface area contributed by atoms with Gasteiger partial charge in [-0.15, -0.1) is 0 Å². The molecule has 464 valence electrons. The molecule has 14 rings (SSSR count). The van der Waals surface area contributed by atoms with Crippen LogP contribution in [0.25, 0.3) is 117 Å². The lowest BCUT2D eigenvalue weighted by molar-refractivity contribution is -0.570. The van der Waals surface area contributed by atoms with Gasteiger partial charge in [-0.25, -0.2) is 4.98 Å². The van der Waals surface area contributed by atoms with Crippen LogP contribution < -0.4 is 9.30 Å². The maximum atomic E-state index is 9.08. The Kier molecular flexibility index (Phi) is 12.8. The first-order valence-electron chi connectivity index (χ1n) is 35.7. The summed E-state index contributed by atoms with van der Waals surface area (Å²) >= 11 is 0. The summed E-state index contributed by atoms with van der Waals surface area (Å²) < 4.78 is 68.2. The molecule has 0 spiro atoms. The molecule has 5 nitrogen and oxygen atoms in total. The number of fused-ring (bicyclic) bond motifs is 10. The van der Waals surface area contributed by atoms with Gasteiger partial charge in [0.2, 0.25) is 0 Å².